The predicted octanol–water partition coefficient (Wildman–Crippen LogP) is 5.22. The molecule has 0 aliphatic rings. The lowest BCUT2D eigenvalue weighted by atomic mass is 10.0. The lowest BCUT2D eigenvalue weighted by molar-refractivity contribution is 0.0993. The zero-order chi connectivity index (χ0) is 15.0. The molecule has 1 aromatic heterocycles. The van der Waals surface area contributed by atoms with Gasteiger partial charge >= 0.3 is 0 Å². The van der Waals surface area contributed by atoms with Crippen LogP contribution >= 0.6 is 34.5 Å². The van der Waals surface area contributed by atoms with Crippen molar-refractivity contribution < 1.29 is 4.79 Å². The third kappa shape index (κ3) is 2.77. The molecule has 3 rings (SSSR count). The number of benzene rings is 2. The molecule has 0 saturated heterocycles. The number of fused-ring (bicyclic) bond motifs is 1. The maximum Gasteiger partial charge on any atom is 0.167 e. The van der Waals surface area contributed by atoms with E-state index < -0.39 is 0 Å². The van der Waals surface area contributed by atoms with Gasteiger partial charge in [-0.1, -0.05) is 41.4 Å². The van der Waals surface area contributed by atoms with E-state index in [0.717, 1.165) is 10.9 Å². The van der Waals surface area contributed by atoms with Crippen molar-refractivity contribution in [1.82, 2.24) is 0 Å². The normalized spacial score (nSPS) is 11.0. The van der Waals surface area contributed by atoms with Crippen molar-refractivity contribution in [2.75, 3.05) is 5.73 Å². The first kappa shape index (κ1) is 14.4. The van der Waals surface area contributed by atoms with Crippen molar-refractivity contribution in [1.29, 1.82) is 0 Å². The third-order valence-corrected chi connectivity index (χ3v) is 4.95. The minimum Gasteiger partial charge on any atom is -0.396 e. The average Bonchev–Trinajstić information content (AvgIpc) is 2.87. The Morgan fingerprint density at radius 1 is 1.14 bits per heavy atom. The second-order valence-corrected chi connectivity index (χ2v) is 6.44. The summed E-state index contributed by atoms with van der Waals surface area (Å²) in [5, 5.41) is 3.74. The summed E-state index contributed by atoms with van der Waals surface area (Å²) >= 11 is 13.6. The van der Waals surface area contributed by atoms with Gasteiger partial charge in [0.25, 0.3) is 0 Å². The molecule has 3 aromatic rings. The van der Waals surface area contributed by atoms with E-state index in [1.807, 2.05) is 29.6 Å². The highest BCUT2D eigenvalue weighted by Crippen LogP contribution is 2.31. The molecule has 0 atom stereocenters. The van der Waals surface area contributed by atoms with Crippen LogP contribution in [0.15, 0.2) is 41.8 Å². The molecule has 0 radical (unpaired) electrons. The van der Waals surface area contributed by atoms with Gasteiger partial charge in [-0.15, -0.1) is 11.3 Å². The zero-order valence-electron chi connectivity index (χ0n) is 10.9. The van der Waals surface area contributed by atoms with Crippen LogP contribution in [0.4, 0.5) is 5.69 Å². The maximum atomic E-state index is 12.4. The highest BCUT2D eigenvalue weighted by Gasteiger charge is 2.14. The fraction of sp³-hybridized carbons (Fsp3) is 0.0625. The van der Waals surface area contributed by atoms with Crippen LogP contribution in [0.5, 0.6) is 0 Å². The first-order valence-electron chi connectivity index (χ1n) is 6.29. The van der Waals surface area contributed by atoms with Crippen LogP contribution < -0.4 is 5.73 Å². The Morgan fingerprint density at radius 2 is 1.81 bits per heavy atom. The van der Waals surface area contributed by atoms with Gasteiger partial charge in [-0.3, -0.25) is 4.79 Å². The summed E-state index contributed by atoms with van der Waals surface area (Å²) in [6, 6.07) is 11.2. The Bertz CT molecular complexity index is 818. The van der Waals surface area contributed by atoms with Gasteiger partial charge in [0.05, 0.1) is 15.7 Å². The minimum absolute atomic E-state index is 0.0256. The van der Waals surface area contributed by atoms with Crippen molar-refractivity contribution in [3.05, 3.63) is 63.0 Å². The molecule has 2 aromatic carbocycles. The Kier molecular flexibility index (Phi) is 3.89. The number of halogens is 2. The van der Waals surface area contributed by atoms with Crippen molar-refractivity contribution >= 4 is 56.1 Å². The van der Waals surface area contributed by atoms with Crippen LogP contribution in [0, 0.1) is 0 Å². The van der Waals surface area contributed by atoms with Gasteiger partial charge in [0, 0.05) is 16.7 Å². The number of ketones is 1. The largest absolute Gasteiger partial charge is 0.396 e. The monoisotopic (exact) mass is 335 g/mol. The molecule has 2 N–H and O–H groups in total. The number of Topliss-reactive ketones (excluding diaryl/α,β-unsaturated/α-hetero) is 1. The number of nitrogen functional groups attached to an aromatic ring is 1. The third-order valence-electron chi connectivity index (χ3n) is 3.31. The summed E-state index contributed by atoms with van der Waals surface area (Å²) < 4.78 is 1.17. The van der Waals surface area contributed by atoms with Gasteiger partial charge in [0.2, 0.25) is 0 Å². The van der Waals surface area contributed by atoms with Gasteiger partial charge in [-0.2, -0.15) is 0 Å². The number of rotatable bonds is 3. The molecule has 21 heavy (non-hydrogen) atoms. The number of anilines is 1. The number of thiophene rings is 1. The molecule has 1 heterocycles. The molecule has 0 aliphatic carbocycles. The summed E-state index contributed by atoms with van der Waals surface area (Å²) in [6.07, 6.45) is 0.320. The fourth-order valence-electron chi connectivity index (χ4n) is 2.19. The molecule has 0 amide bonds. The van der Waals surface area contributed by atoms with Crippen LogP contribution in [-0.2, 0) is 6.42 Å². The second-order valence-electron chi connectivity index (χ2n) is 4.71. The highest BCUT2D eigenvalue weighted by molar-refractivity contribution is 7.17. The number of hydrogen-bond donors (Lipinski definition) is 1. The Morgan fingerprint density at radius 3 is 2.52 bits per heavy atom. The van der Waals surface area contributed by atoms with Gasteiger partial charge in [-0.05, 0) is 34.5 Å². The number of hydrogen-bond acceptors (Lipinski definition) is 3. The lowest BCUT2D eigenvalue weighted by Crippen LogP contribution is -2.04. The van der Waals surface area contributed by atoms with E-state index in [0.29, 0.717) is 27.7 Å². The number of carbonyl (C=O) groups is 1. The van der Waals surface area contributed by atoms with Crippen LogP contribution in [0.2, 0.25) is 10.0 Å². The molecule has 2 nitrogen and oxygen atoms in total. The molecular formula is C16H11Cl2NOS. The second kappa shape index (κ2) is 5.68. The summed E-state index contributed by atoms with van der Waals surface area (Å²) in [7, 11) is 0. The summed E-state index contributed by atoms with van der Waals surface area (Å²) in [5.41, 5.74) is 7.49. The molecule has 0 bridgehead atoms. The van der Waals surface area contributed by atoms with E-state index in [1.165, 1.54) is 4.70 Å². The topological polar surface area (TPSA) is 43.1 Å². The van der Waals surface area contributed by atoms with Crippen LogP contribution in [0.3, 0.4) is 0 Å². The van der Waals surface area contributed by atoms with Crippen LogP contribution in [0.25, 0.3) is 10.1 Å². The molecule has 0 fully saturated rings. The molecule has 0 saturated carbocycles. The minimum atomic E-state index is -0.0256. The highest BCUT2D eigenvalue weighted by atomic mass is 35.5. The average molecular weight is 336 g/mol. The molecule has 0 aliphatic heterocycles. The van der Waals surface area contributed by atoms with Crippen molar-refractivity contribution in [3.8, 4) is 0 Å². The van der Waals surface area contributed by atoms with E-state index in [4.69, 9.17) is 28.9 Å². The van der Waals surface area contributed by atoms with Crippen LogP contribution in [0.1, 0.15) is 15.9 Å². The van der Waals surface area contributed by atoms with Crippen LogP contribution in [-0.4, -0.2) is 5.78 Å². The first-order chi connectivity index (χ1) is 10.1. The Labute approximate surface area is 136 Å². The first-order valence-corrected chi connectivity index (χ1v) is 7.92. The summed E-state index contributed by atoms with van der Waals surface area (Å²) in [4.78, 5) is 12.4. The van der Waals surface area contributed by atoms with E-state index in [9.17, 15) is 4.79 Å². The molecular weight excluding hydrogens is 325 g/mol. The SMILES string of the molecule is Nc1c(Cl)cc(C(=O)Cc2csc3ccccc23)cc1Cl. The summed E-state index contributed by atoms with van der Waals surface area (Å²) in [6.45, 7) is 0. The fourth-order valence-corrected chi connectivity index (χ4v) is 3.64. The van der Waals surface area contributed by atoms with E-state index in [2.05, 4.69) is 0 Å². The lowest BCUT2D eigenvalue weighted by Gasteiger charge is -2.05. The summed E-state index contributed by atoms with van der Waals surface area (Å²) in [5.74, 6) is -0.0256. The predicted molar refractivity (Wildman–Crippen MR) is 90.7 cm³/mol. The number of carbonyl (C=O) groups excluding carboxylic acids is 1. The van der Waals surface area contributed by atoms with E-state index in [-0.39, 0.29) is 5.78 Å². The van der Waals surface area contributed by atoms with Gasteiger partial charge in [-0.25, -0.2) is 0 Å². The van der Waals surface area contributed by atoms with Crippen molar-refractivity contribution in [3.63, 3.8) is 0 Å². The van der Waals surface area contributed by atoms with Gasteiger partial charge in [0.1, 0.15) is 0 Å². The molecule has 0 spiro atoms. The number of nitrogens with two attached hydrogens (primary N) is 1. The Balaban J connectivity index is 1.93. The van der Waals surface area contributed by atoms with E-state index >= 15 is 0 Å². The quantitative estimate of drug-likeness (QED) is 0.527. The van der Waals surface area contributed by atoms with Crippen molar-refractivity contribution in [2.24, 2.45) is 0 Å². The van der Waals surface area contributed by atoms with E-state index in [1.54, 1.807) is 23.5 Å². The zero-order valence-corrected chi connectivity index (χ0v) is 13.2. The van der Waals surface area contributed by atoms with Gasteiger partial charge < -0.3 is 5.73 Å². The molecule has 0 unspecified atom stereocenters. The standard InChI is InChI=1S/C16H11Cl2NOS/c17-12-5-9(6-13(18)16(12)19)14(20)7-10-8-21-15-4-2-1-3-11(10)15/h1-6,8H,7,19H2. The maximum absolute atomic E-state index is 12.4. The Hall–Kier alpha value is -1.55. The van der Waals surface area contributed by atoms with Crippen molar-refractivity contribution in [2.45, 2.75) is 6.42 Å². The molecule has 106 valence electrons. The van der Waals surface area contributed by atoms with Gasteiger partial charge in [0.15, 0.2) is 5.78 Å². The molecule has 5 heteroatoms. The smallest absolute Gasteiger partial charge is 0.167 e.